The second-order valence-corrected chi connectivity index (χ2v) is 4.32. The Kier molecular flexibility index (Phi) is 2.79. The molecule has 0 amide bonds. The highest BCUT2D eigenvalue weighted by molar-refractivity contribution is 6.28. The summed E-state index contributed by atoms with van der Waals surface area (Å²) in [7, 11) is 2.01. The van der Waals surface area contributed by atoms with Gasteiger partial charge in [0.15, 0.2) is 0 Å². The van der Waals surface area contributed by atoms with Crippen LogP contribution in [0.1, 0.15) is 17.8 Å². The van der Waals surface area contributed by atoms with E-state index in [-0.39, 0.29) is 0 Å². The Morgan fingerprint density at radius 1 is 1.64 bits per heavy atom. The zero-order valence-corrected chi connectivity index (χ0v) is 9.43. The van der Waals surface area contributed by atoms with Crippen LogP contribution in [0.4, 0.5) is 0 Å². The summed E-state index contributed by atoms with van der Waals surface area (Å²) < 4.78 is 2.14. The van der Waals surface area contributed by atoms with E-state index in [4.69, 9.17) is 11.6 Å². The van der Waals surface area contributed by atoms with E-state index in [0.717, 1.165) is 31.1 Å². The van der Waals surface area contributed by atoms with Crippen molar-refractivity contribution in [2.45, 2.75) is 26.3 Å². The average molecular weight is 214 g/mol. The predicted octanol–water partition coefficient (Wildman–Crippen LogP) is 1.63. The number of nitrogens with zero attached hydrogens (tertiary/aromatic N) is 2. The highest BCUT2D eigenvalue weighted by atomic mass is 35.5. The highest BCUT2D eigenvalue weighted by Gasteiger charge is 2.22. The van der Waals surface area contributed by atoms with Gasteiger partial charge in [0.25, 0.3) is 0 Å². The van der Waals surface area contributed by atoms with Crippen molar-refractivity contribution in [2.75, 3.05) is 13.6 Å². The standard InChI is InChI=1S/C10H16ClN3/c1-7-9-5-8(6-12-2)3-4-14(9)10(11)13-7/h8,12H,3-6H2,1-2H3. The molecule has 0 saturated carbocycles. The molecule has 2 heterocycles. The van der Waals surface area contributed by atoms with E-state index >= 15 is 0 Å². The number of halogens is 1. The molecule has 0 spiro atoms. The molecular weight excluding hydrogens is 198 g/mol. The van der Waals surface area contributed by atoms with Crippen LogP contribution in [0, 0.1) is 12.8 Å². The van der Waals surface area contributed by atoms with E-state index in [1.807, 2.05) is 14.0 Å². The van der Waals surface area contributed by atoms with Crippen molar-refractivity contribution in [1.29, 1.82) is 0 Å². The largest absolute Gasteiger partial charge is 0.319 e. The third-order valence-electron chi connectivity index (χ3n) is 2.96. The fourth-order valence-electron chi connectivity index (χ4n) is 2.21. The predicted molar refractivity (Wildman–Crippen MR) is 57.7 cm³/mol. The van der Waals surface area contributed by atoms with Crippen LogP contribution in [0.15, 0.2) is 0 Å². The lowest BCUT2D eigenvalue weighted by atomic mass is 9.95. The van der Waals surface area contributed by atoms with Gasteiger partial charge in [0, 0.05) is 12.2 Å². The first-order valence-corrected chi connectivity index (χ1v) is 5.46. The topological polar surface area (TPSA) is 29.9 Å². The van der Waals surface area contributed by atoms with Crippen LogP contribution in [0.25, 0.3) is 0 Å². The minimum absolute atomic E-state index is 0.653. The van der Waals surface area contributed by atoms with Gasteiger partial charge in [-0.3, -0.25) is 0 Å². The van der Waals surface area contributed by atoms with E-state index in [1.54, 1.807) is 0 Å². The van der Waals surface area contributed by atoms with Crippen molar-refractivity contribution in [2.24, 2.45) is 5.92 Å². The number of imidazole rings is 1. The van der Waals surface area contributed by atoms with E-state index in [0.29, 0.717) is 5.28 Å². The van der Waals surface area contributed by atoms with Crippen LogP contribution in [0.3, 0.4) is 0 Å². The molecule has 78 valence electrons. The molecule has 0 bridgehead atoms. The Bertz CT molecular complexity index is 332. The molecule has 1 atom stereocenters. The van der Waals surface area contributed by atoms with Crippen molar-refractivity contribution >= 4 is 11.6 Å². The maximum absolute atomic E-state index is 6.02. The molecule has 2 rings (SSSR count). The first kappa shape index (κ1) is 9.99. The fourth-order valence-corrected chi connectivity index (χ4v) is 2.52. The molecule has 14 heavy (non-hydrogen) atoms. The summed E-state index contributed by atoms with van der Waals surface area (Å²) >= 11 is 6.02. The van der Waals surface area contributed by atoms with Gasteiger partial charge in [0.2, 0.25) is 5.28 Å². The number of aryl methyl sites for hydroxylation is 1. The van der Waals surface area contributed by atoms with Crippen LogP contribution >= 0.6 is 11.6 Å². The van der Waals surface area contributed by atoms with Crippen molar-refractivity contribution in [3.05, 3.63) is 16.7 Å². The number of fused-ring (bicyclic) bond motifs is 1. The first-order valence-electron chi connectivity index (χ1n) is 5.08. The average Bonchev–Trinajstić information content (AvgIpc) is 2.43. The Balaban J connectivity index is 2.21. The molecule has 1 aliphatic heterocycles. The maximum atomic E-state index is 6.02. The third kappa shape index (κ3) is 1.66. The van der Waals surface area contributed by atoms with Crippen molar-refractivity contribution in [1.82, 2.24) is 14.9 Å². The summed E-state index contributed by atoms with van der Waals surface area (Å²) in [6.07, 6.45) is 2.30. The van der Waals surface area contributed by atoms with Gasteiger partial charge in [-0.1, -0.05) is 0 Å². The summed E-state index contributed by atoms with van der Waals surface area (Å²) in [5, 5.41) is 3.88. The monoisotopic (exact) mass is 213 g/mol. The molecule has 1 aromatic heterocycles. The summed E-state index contributed by atoms with van der Waals surface area (Å²) in [5.74, 6) is 0.735. The molecule has 0 aliphatic carbocycles. The molecule has 1 aliphatic rings. The van der Waals surface area contributed by atoms with E-state index < -0.39 is 0 Å². The van der Waals surface area contributed by atoms with Crippen LogP contribution in [0.2, 0.25) is 5.28 Å². The third-order valence-corrected chi connectivity index (χ3v) is 3.25. The van der Waals surface area contributed by atoms with Gasteiger partial charge in [-0.15, -0.1) is 0 Å². The minimum atomic E-state index is 0.653. The normalized spacial score (nSPS) is 20.9. The summed E-state index contributed by atoms with van der Waals surface area (Å²) in [6, 6.07) is 0. The van der Waals surface area contributed by atoms with Crippen LogP contribution in [-0.4, -0.2) is 23.1 Å². The Hall–Kier alpha value is -0.540. The maximum Gasteiger partial charge on any atom is 0.203 e. The molecule has 0 saturated heterocycles. The molecule has 3 nitrogen and oxygen atoms in total. The number of nitrogens with one attached hydrogen (secondary N) is 1. The van der Waals surface area contributed by atoms with E-state index in [9.17, 15) is 0 Å². The molecule has 4 heteroatoms. The SMILES string of the molecule is CNCC1CCn2c(Cl)nc(C)c2C1. The lowest BCUT2D eigenvalue weighted by molar-refractivity contribution is 0.377. The molecule has 1 unspecified atom stereocenters. The number of aromatic nitrogens is 2. The summed E-state index contributed by atoms with van der Waals surface area (Å²) in [4.78, 5) is 4.30. The lowest BCUT2D eigenvalue weighted by Crippen LogP contribution is -2.27. The second kappa shape index (κ2) is 3.91. The second-order valence-electron chi connectivity index (χ2n) is 3.98. The fraction of sp³-hybridized carbons (Fsp3) is 0.700. The van der Waals surface area contributed by atoms with E-state index in [2.05, 4.69) is 14.9 Å². The molecule has 0 aromatic carbocycles. The summed E-state index contributed by atoms with van der Waals surface area (Å²) in [5.41, 5.74) is 2.41. The Labute approximate surface area is 89.5 Å². The Morgan fingerprint density at radius 3 is 3.14 bits per heavy atom. The molecule has 1 N–H and O–H groups in total. The Morgan fingerprint density at radius 2 is 2.43 bits per heavy atom. The van der Waals surface area contributed by atoms with Crippen LogP contribution < -0.4 is 5.32 Å². The lowest BCUT2D eigenvalue weighted by Gasteiger charge is -2.24. The number of hydrogen-bond acceptors (Lipinski definition) is 2. The van der Waals surface area contributed by atoms with Crippen molar-refractivity contribution in [3.8, 4) is 0 Å². The molecular formula is C10H16ClN3. The van der Waals surface area contributed by atoms with E-state index in [1.165, 1.54) is 12.1 Å². The number of hydrogen-bond donors (Lipinski definition) is 1. The zero-order chi connectivity index (χ0) is 10.1. The van der Waals surface area contributed by atoms with Gasteiger partial charge < -0.3 is 9.88 Å². The quantitative estimate of drug-likeness (QED) is 0.810. The van der Waals surface area contributed by atoms with Gasteiger partial charge >= 0.3 is 0 Å². The zero-order valence-electron chi connectivity index (χ0n) is 8.68. The van der Waals surface area contributed by atoms with Crippen LogP contribution in [-0.2, 0) is 13.0 Å². The summed E-state index contributed by atoms with van der Waals surface area (Å²) in [6.45, 7) is 4.14. The first-order chi connectivity index (χ1) is 6.72. The smallest absolute Gasteiger partial charge is 0.203 e. The highest BCUT2D eigenvalue weighted by Crippen LogP contribution is 2.26. The van der Waals surface area contributed by atoms with Crippen molar-refractivity contribution in [3.63, 3.8) is 0 Å². The minimum Gasteiger partial charge on any atom is -0.319 e. The molecule has 0 fully saturated rings. The van der Waals surface area contributed by atoms with Gasteiger partial charge in [0.1, 0.15) is 0 Å². The van der Waals surface area contributed by atoms with Gasteiger partial charge in [0.05, 0.1) is 5.69 Å². The van der Waals surface area contributed by atoms with Crippen molar-refractivity contribution < 1.29 is 0 Å². The van der Waals surface area contributed by atoms with Gasteiger partial charge in [-0.2, -0.15) is 0 Å². The number of rotatable bonds is 2. The van der Waals surface area contributed by atoms with Gasteiger partial charge in [-0.05, 0) is 50.9 Å². The van der Waals surface area contributed by atoms with Crippen LogP contribution in [0.5, 0.6) is 0 Å². The van der Waals surface area contributed by atoms with Gasteiger partial charge in [-0.25, -0.2) is 4.98 Å². The molecule has 0 radical (unpaired) electrons. The molecule has 1 aromatic rings.